The first-order chi connectivity index (χ1) is 13.3. The van der Waals surface area contributed by atoms with Crippen LogP contribution in [0.1, 0.15) is 24.1 Å². The van der Waals surface area contributed by atoms with Gasteiger partial charge in [0.05, 0.1) is 23.7 Å². The Kier molecular flexibility index (Phi) is 5.70. The molecule has 28 heavy (non-hydrogen) atoms. The van der Waals surface area contributed by atoms with E-state index in [9.17, 15) is 12.8 Å². The van der Waals surface area contributed by atoms with Crippen molar-refractivity contribution < 1.29 is 17.5 Å². The van der Waals surface area contributed by atoms with Crippen LogP contribution < -0.4 is 9.04 Å². The normalized spacial score (nSPS) is 12.4. The Morgan fingerprint density at radius 3 is 2.00 bits per heavy atom. The van der Waals surface area contributed by atoms with Gasteiger partial charge in [-0.15, -0.1) is 0 Å². The number of methoxy groups -OCH3 is 1. The van der Waals surface area contributed by atoms with E-state index in [1.807, 2.05) is 38.1 Å². The maximum absolute atomic E-state index is 13.5. The molecule has 0 spiro atoms. The van der Waals surface area contributed by atoms with Crippen LogP contribution in [0.25, 0.3) is 0 Å². The highest BCUT2D eigenvalue weighted by molar-refractivity contribution is 7.92. The summed E-state index contributed by atoms with van der Waals surface area (Å²) in [6, 6.07) is 18.9. The van der Waals surface area contributed by atoms with Gasteiger partial charge in [0.2, 0.25) is 0 Å². The molecular formula is C22H22FNO3S. The van der Waals surface area contributed by atoms with Crippen molar-refractivity contribution in [2.75, 3.05) is 11.4 Å². The smallest absolute Gasteiger partial charge is 0.264 e. The van der Waals surface area contributed by atoms with E-state index in [4.69, 9.17) is 4.74 Å². The van der Waals surface area contributed by atoms with E-state index in [0.29, 0.717) is 11.4 Å². The monoisotopic (exact) mass is 399 g/mol. The summed E-state index contributed by atoms with van der Waals surface area (Å²) in [5, 5.41) is 0. The summed E-state index contributed by atoms with van der Waals surface area (Å²) in [6.45, 7) is 3.81. The number of anilines is 1. The lowest BCUT2D eigenvalue weighted by Gasteiger charge is -2.31. The third-order valence-corrected chi connectivity index (χ3v) is 6.52. The Morgan fingerprint density at radius 2 is 1.46 bits per heavy atom. The molecule has 0 aliphatic heterocycles. The van der Waals surface area contributed by atoms with Crippen LogP contribution in [0.4, 0.5) is 10.1 Å². The summed E-state index contributed by atoms with van der Waals surface area (Å²) in [4.78, 5) is 0.0312. The second-order valence-corrected chi connectivity index (χ2v) is 8.35. The van der Waals surface area contributed by atoms with Crippen LogP contribution >= 0.6 is 0 Å². The van der Waals surface area contributed by atoms with Crippen molar-refractivity contribution in [1.29, 1.82) is 0 Å². The minimum absolute atomic E-state index is 0.0312. The summed E-state index contributed by atoms with van der Waals surface area (Å²) < 4.78 is 46.8. The van der Waals surface area contributed by atoms with E-state index in [-0.39, 0.29) is 4.90 Å². The zero-order valence-corrected chi connectivity index (χ0v) is 16.8. The standard InChI is InChI=1S/C22H22FNO3S/c1-16-4-6-18(7-5-16)17(2)24(20-10-12-21(27-3)13-11-20)28(25,26)22-14-8-19(23)9-15-22/h4-15,17H,1-3H3. The van der Waals surface area contributed by atoms with E-state index in [1.165, 1.54) is 16.4 Å². The topological polar surface area (TPSA) is 46.6 Å². The molecule has 0 radical (unpaired) electrons. The minimum atomic E-state index is -3.92. The van der Waals surface area contributed by atoms with Crippen molar-refractivity contribution in [3.8, 4) is 5.75 Å². The molecule has 0 saturated carbocycles. The van der Waals surface area contributed by atoms with Crippen LogP contribution in [-0.4, -0.2) is 15.5 Å². The molecule has 0 aliphatic carbocycles. The SMILES string of the molecule is COc1ccc(N(C(C)c2ccc(C)cc2)S(=O)(=O)c2ccc(F)cc2)cc1. The molecule has 0 N–H and O–H groups in total. The summed E-state index contributed by atoms with van der Waals surface area (Å²) in [6.07, 6.45) is 0. The Labute approximate surface area is 165 Å². The van der Waals surface area contributed by atoms with E-state index in [2.05, 4.69) is 0 Å². The van der Waals surface area contributed by atoms with Gasteiger partial charge in [0.25, 0.3) is 10.0 Å². The molecule has 0 aromatic heterocycles. The molecule has 0 saturated heterocycles. The highest BCUT2D eigenvalue weighted by Crippen LogP contribution is 2.34. The number of rotatable bonds is 6. The molecule has 6 heteroatoms. The van der Waals surface area contributed by atoms with Gasteiger partial charge in [-0.25, -0.2) is 12.8 Å². The van der Waals surface area contributed by atoms with Crippen molar-refractivity contribution in [3.63, 3.8) is 0 Å². The number of hydrogen-bond donors (Lipinski definition) is 0. The van der Waals surface area contributed by atoms with E-state index in [0.717, 1.165) is 23.3 Å². The molecular weight excluding hydrogens is 377 g/mol. The fraction of sp³-hybridized carbons (Fsp3) is 0.182. The lowest BCUT2D eigenvalue weighted by Crippen LogP contribution is -2.33. The molecule has 0 bridgehead atoms. The van der Waals surface area contributed by atoms with Crippen LogP contribution in [0, 0.1) is 12.7 Å². The molecule has 3 aromatic carbocycles. The van der Waals surface area contributed by atoms with Gasteiger partial charge in [-0.1, -0.05) is 29.8 Å². The minimum Gasteiger partial charge on any atom is -0.497 e. The molecule has 0 fully saturated rings. The fourth-order valence-electron chi connectivity index (χ4n) is 3.00. The average molecular weight is 399 g/mol. The quantitative estimate of drug-likeness (QED) is 0.579. The van der Waals surface area contributed by atoms with Crippen LogP contribution in [-0.2, 0) is 10.0 Å². The third-order valence-electron chi connectivity index (χ3n) is 4.61. The van der Waals surface area contributed by atoms with Gasteiger partial charge in [-0.05, 0) is 67.9 Å². The molecule has 1 unspecified atom stereocenters. The predicted molar refractivity (Wildman–Crippen MR) is 109 cm³/mol. The van der Waals surface area contributed by atoms with E-state index < -0.39 is 21.9 Å². The largest absolute Gasteiger partial charge is 0.497 e. The third kappa shape index (κ3) is 4.02. The number of sulfonamides is 1. The van der Waals surface area contributed by atoms with E-state index >= 15 is 0 Å². The van der Waals surface area contributed by atoms with Gasteiger partial charge in [0.15, 0.2) is 0 Å². The summed E-state index contributed by atoms with van der Waals surface area (Å²) >= 11 is 0. The van der Waals surface area contributed by atoms with Gasteiger partial charge in [-0.2, -0.15) is 0 Å². The second-order valence-electron chi connectivity index (χ2n) is 6.54. The van der Waals surface area contributed by atoms with Gasteiger partial charge in [-0.3, -0.25) is 4.31 Å². The zero-order valence-electron chi connectivity index (χ0n) is 16.0. The average Bonchev–Trinajstić information content (AvgIpc) is 2.69. The molecule has 0 amide bonds. The Hall–Kier alpha value is -2.86. The predicted octanol–water partition coefficient (Wildman–Crippen LogP) is 5.10. The Bertz CT molecular complexity index is 1030. The van der Waals surface area contributed by atoms with Crippen molar-refractivity contribution >= 4 is 15.7 Å². The molecule has 146 valence electrons. The van der Waals surface area contributed by atoms with Gasteiger partial charge in [0, 0.05) is 0 Å². The summed E-state index contributed by atoms with van der Waals surface area (Å²) in [7, 11) is -2.37. The number of aryl methyl sites for hydroxylation is 1. The summed E-state index contributed by atoms with van der Waals surface area (Å²) in [5.74, 6) is 0.146. The van der Waals surface area contributed by atoms with Crippen molar-refractivity contribution in [2.24, 2.45) is 0 Å². The maximum atomic E-state index is 13.5. The summed E-state index contributed by atoms with van der Waals surface area (Å²) in [5.41, 5.74) is 2.44. The van der Waals surface area contributed by atoms with Crippen LogP contribution in [0.15, 0.2) is 77.7 Å². The van der Waals surface area contributed by atoms with Gasteiger partial charge >= 0.3 is 0 Å². The Morgan fingerprint density at radius 1 is 0.893 bits per heavy atom. The molecule has 1 atom stereocenters. The lowest BCUT2D eigenvalue weighted by atomic mass is 10.1. The fourth-order valence-corrected chi connectivity index (χ4v) is 4.64. The van der Waals surface area contributed by atoms with Crippen LogP contribution in [0.5, 0.6) is 5.75 Å². The Balaban J connectivity index is 2.12. The van der Waals surface area contributed by atoms with Crippen LogP contribution in [0.3, 0.4) is 0 Å². The zero-order chi connectivity index (χ0) is 20.3. The number of hydrogen-bond acceptors (Lipinski definition) is 3. The lowest BCUT2D eigenvalue weighted by molar-refractivity contribution is 0.415. The first kappa shape index (κ1) is 19.9. The number of nitrogens with zero attached hydrogens (tertiary/aromatic N) is 1. The van der Waals surface area contributed by atoms with E-state index in [1.54, 1.807) is 31.4 Å². The second kappa shape index (κ2) is 8.02. The van der Waals surface area contributed by atoms with Crippen molar-refractivity contribution in [2.45, 2.75) is 24.8 Å². The first-order valence-electron chi connectivity index (χ1n) is 8.83. The molecule has 3 aromatic rings. The van der Waals surface area contributed by atoms with Gasteiger partial charge < -0.3 is 4.74 Å². The molecule has 0 heterocycles. The highest BCUT2D eigenvalue weighted by Gasteiger charge is 2.30. The molecule has 4 nitrogen and oxygen atoms in total. The highest BCUT2D eigenvalue weighted by atomic mass is 32.2. The van der Waals surface area contributed by atoms with Gasteiger partial charge in [0.1, 0.15) is 11.6 Å². The number of ether oxygens (including phenoxy) is 1. The van der Waals surface area contributed by atoms with Crippen molar-refractivity contribution in [1.82, 2.24) is 0 Å². The van der Waals surface area contributed by atoms with Crippen LogP contribution in [0.2, 0.25) is 0 Å². The molecule has 0 aliphatic rings. The first-order valence-corrected chi connectivity index (χ1v) is 10.3. The molecule has 3 rings (SSSR count). The number of benzene rings is 3. The van der Waals surface area contributed by atoms with Crippen molar-refractivity contribution in [3.05, 3.63) is 89.7 Å². The number of halogens is 1. The maximum Gasteiger partial charge on any atom is 0.264 e.